The van der Waals surface area contributed by atoms with E-state index in [0.717, 1.165) is 32.4 Å². The lowest BCUT2D eigenvalue weighted by molar-refractivity contribution is -0.123. The molecule has 0 aromatic heterocycles. The Kier molecular flexibility index (Phi) is 8.24. The van der Waals surface area contributed by atoms with Crippen LogP contribution in [0.2, 0.25) is 0 Å². The highest BCUT2D eigenvalue weighted by Crippen LogP contribution is 2.08. The maximum atomic E-state index is 12.2. The van der Waals surface area contributed by atoms with Crippen LogP contribution in [0.1, 0.15) is 59.3 Å². The molecule has 1 aliphatic heterocycles. The molecule has 0 aromatic rings. The monoisotopic (exact) mass is 313 g/mol. The molecule has 2 amide bonds. The van der Waals surface area contributed by atoms with Gasteiger partial charge in [-0.25, -0.2) is 4.79 Å². The molecular weight excluding hydrogens is 282 g/mol. The smallest absolute Gasteiger partial charge is 0.408 e. The average molecular weight is 313 g/mol. The van der Waals surface area contributed by atoms with Crippen LogP contribution < -0.4 is 16.0 Å². The molecule has 1 unspecified atom stereocenters. The molecule has 0 saturated carbocycles. The van der Waals surface area contributed by atoms with Crippen molar-refractivity contribution in [1.29, 1.82) is 0 Å². The first-order valence-electron chi connectivity index (χ1n) is 8.36. The van der Waals surface area contributed by atoms with Gasteiger partial charge in [-0.2, -0.15) is 0 Å². The van der Waals surface area contributed by atoms with Crippen LogP contribution >= 0.6 is 0 Å². The van der Waals surface area contributed by atoms with Crippen molar-refractivity contribution in [1.82, 2.24) is 16.0 Å². The summed E-state index contributed by atoms with van der Waals surface area (Å²) in [5.74, 6) is -0.120. The third-order valence-electron chi connectivity index (χ3n) is 3.43. The molecule has 0 bridgehead atoms. The number of amides is 2. The van der Waals surface area contributed by atoms with E-state index in [2.05, 4.69) is 16.0 Å². The van der Waals surface area contributed by atoms with Crippen LogP contribution in [0.25, 0.3) is 0 Å². The molecule has 6 nitrogen and oxygen atoms in total. The first kappa shape index (κ1) is 18.7. The molecular formula is C16H31N3O3. The zero-order valence-corrected chi connectivity index (χ0v) is 14.2. The van der Waals surface area contributed by atoms with E-state index < -0.39 is 17.7 Å². The van der Waals surface area contributed by atoms with Gasteiger partial charge in [-0.1, -0.05) is 12.8 Å². The van der Waals surface area contributed by atoms with E-state index in [1.165, 1.54) is 12.8 Å². The van der Waals surface area contributed by atoms with Crippen molar-refractivity contribution in [3.8, 4) is 0 Å². The molecule has 1 heterocycles. The molecule has 6 heteroatoms. The van der Waals surface area contributed by atoms with Crippen LogP contribution in [0.15, 0.2) is 0 Å². The minimum Gasteiger partial charge on any atom is -0.444 e. The number of carbonyl (C=O) groups excluding carboxylic acids is 2. The summed E-state index contributed by atoms with van der Waals surface area (Å²) in [5, 5.41) is 8.98. The van der Waals surface area contributed by atoms with Crippen molar-refractivity contribution in [2.45, 2.75) is 70.9 Å². The van der Waals surface area contributed by atoms with E-state index in [-0.39, 0.29) is 5.91 Å². The third-order valence-corrected chi connectivity index (χ3v) is 3.43. The summed E-state index contributed by atoms with van der Waals surface area (Å²) in [6.45, 7) is 7.97. The molecule has 1 rings (SSSR count). The average Bonchev–Trinajstić information content (AvgIpc) is 2.41. The maximum Gasteiger partial charge on any atom is 0.408 e. The second kappa shape index (κ2) is 9.66. The lowest BCUT2D eigenvalue weighted by Gasteiger charge is -2.23. The summed E-state index contributed by atoms with van der Waals surface area (Å²) in [7, 11) is 0. The molecule has 0 aliphatic carbocycles. The standard InChI is InChI=1S/C16H31N3O3/c1-16(2,3)22-15(21)19-13-9-8-11-17-10-6-4-5-7-12-18-14(13)20/h13,17H,4-12H2,1-3H3,(H,18,20)(H,19,21). The lowest BCUT2D eigenvalue weighted by Crippen LogP contribution is -2.48. The van der Waals surface area contributed by atoms with Gasteiger partial charge < -0.3 is 20.7 Å². The zero-order valence-electron chi connectivity index (χ0n) is 14.2. The molecule has 3 N–H and O–H groups in total. The number of carbonyl (C=O) groups is 2. The van der Waals surface area contributed by atoms with Crippen molar-refractivity contribution in [2.24, 2.45) is 0 Å². The van der Waals surface area contributed by atoms with Gasteiger partial charge >= 0.3 is 6.09 Å². The number of rotatable bonds is 1. The van der Waals surface area contributed by atoms with Crippen LogP contribution in [0.4, 0.5) is 4.79 Å². The Morgan fingerprint density at radius 2 is 1.73 bits per heavy atom. The summed E-state index contributed by atoms with van der Waals surface area (Å²) < 4.78 is 5.24. The fourth-order valence-corrected chi connectivity index (χ4v) is 2.34. The van der Waals surface area contributed by atoms with Crippen LogP contribution in [0.5, 0.6) is 0 Å². The third kappa shape index (κ3) is 8.87. The molecule has 1 saturated heterocycles. The van der Waals surface area contributed by atoms with E-state index in [4.69, 9.17) is 4.74 Å². The normalized spacial score (nSPS) is 22.5. The van der Waals surface area contributed by atoms with Gasteiger partial charge in [0.15, 0.2) is 0 Å². The Bertz CT molecular complexity index is 353. The second-order valence-electron chi connectivity index (χ2n) is 6.80. The second-order valence-corrected chi connectivity index (χ2v) is 6.80. The topological polar surface area (TPSA) is 79.5 Å². The van der Waals surface area contributed by atoms with E-state index in [1.54, 1.807) is 20.8 Å². The van der Waals surface area contributed by atoms with Gasteiger partial charge in [-0.3, -0.25) is 4.79 Å². The summed E-state index contributed by atoms with van der Waals surface area (Å²) >= 11 is 0. The number of ether oxygens (including phenoxy) is 1. The van der Waals surface area contributed by atoms with E-state index in [1.807, 2.05) is 0 Å². The predicted octanol–water partition coefficient (Wildman–Crippen LogP) is 1.94. The maximum absolute atomic E-state index is 12.2. The van der Waals surface area contributed by atoms with Gasteiger partial charge in [0, 0.05) is 6.54 Å². The van der Waals surface area contributed by atoms with Crippen LogP contribution in [0, 0.1) is 0 Å². The molecule has 0 radical (unpaired) electrons. The van der Waals surface area contributed by atoms with Crippen molar-refractivity contribution in [3.63, 3.8) is 0 Å². The molecule has 0 aromatic carbocycles. The Morgan fingerprint density at radius 3 is 2.41 bits per heavy atom. The Balaban J connectivity index is 2.53. The van der Waals surface area contributed by atoms with E-state index >= 15 is 0 Å². The minimum atomic E-state index is -0.564. The van der Waals surface area contributed by atoms with Gasteiger partial charge in [-0.05, 0) is 59.5 Å². The van der Waals surface area contributed by atoms with Crippen LogP contribution in [-0.2, 0) is 9.53 Å². The van der Waals surface area contributed by atoms with Gasteiger partial charge in [-0.15, -0.1) is 0 Å². The van der Waals surface area contributed by atoms with Crippen LogP contribution in [0.3, 0.4) is 0 Å². The highest BCUT2D eigenvalue weighted by molar-refractivity contribution is 5.85. The Morgan fingerprint density at radius 1 is 1.09 bits per heavy atom. The number of alkyl carbamates (subject to hydrolysis) is 1. The summed E-state index contributed by atoms with van der Waals surface area (Å²) in [6, 6.07) is -0.530. The van der Waals surface area contributed by atoms with Crippen molar-refractivity contribution in [3.05, 3.63) is 0 Å². The zero-order chi connectivity index (χ0) is 16.4. The fourth-order valence-electron chi connectivity index (χ4n) is 2.34. The van der Waals surface area contributed by atoms with Gasteiger partial charge in [0.25, 0.3) is 0 Å². The minimum absolute atomic E-state index is 0.120. The van der Waals surface area contributed by atoms with Crippen molar-refractivity contribution < 1.29 is 14.3 Å². The quantitative estimate of drug-likeness (QED) is 0.691. The summed E-state index contributed by atoms with van der Waals surface area (Å²) in [6.07, 6.45) is 5.36. The summed E-state index contributed by atoms with van der Waals surface area (Å²) in [5.41, 5.74) is -0.564. The van der Waals surface area contributed by atoms with Crippen molar-refractivity contribution in [2.75, 3.05) is 19.6 Å². The van der Waals surface area contributed by atoms with E-state index in [0.29, 0.717) is 13.0 Å². The van der Waals surface area contributed by atoms with E-state index in [9.17, 15) is 9.59 Å². The molecule has 1 atom stereocenters. The first-order chi connectivity index (χ1) is 10.4. The number of hydrogen-bond acceptors (Lipinski definition) is 4. The molecule has 0 spiro atoms. The number of hydrogen-bond donors (Lipinski definition) is 3. The van der Waals surface area contributed by atoms with Crippen molar-refractivity contribution >= 4 is 12.0 Å². The lowest BCUT2D eigenvalue weighted by atomic mass is 10.1. The molecule has 1 fully saturated rings. The molecule has 128 valence electrons. The summed E-state index contributed by atoms with van der Waals surface area (Å²) in [4.78, 5) is 24.1. The molecule has 1 aliphatic rings. The fraction of sp³-hybridized carbons (Fsp3) is 0.875. The molecule has 22 heavy (non-hydrogen) atoms. The Hall–Kier alpha value is -1.30. The Labute approximate surface area is 133 Å². The van der Waals surface area contributed by atoms with Gasteiger partial charge in [0.2, 0.25) is 5.91 Å². The highest BCUT2D eigenvalue weighted by Gasteiger charge is 2.23. The largest absolute Gasteiger partial charge is 0.444 e. The first-order valence-corrected chi connectivity index (χ1v) is 8.36. The van der Waals surface area contributed by atoms with Gasteiger partial charge in [0.05, 0.1) is 0 Å². The number of nitrogens with one attached hydrogen (secondary N) is 3. The van der Waals surface area contributed by atoms with Gasteiger partial charge in [0.1, 0.15) is 11.6 Å². The highest BCUT2D eigenvalue weighted by atomic mass is 16.6. The van der Waals surface area contributed by atoms with Crippen LogP contribution in [-0.4, -0.2) is 43.3 Å². The predicted molar refractivity (Wildman–Crippen MR) is 86.7 cm³/mol. The SMILES string of the molecule is CC(C)(C)OC(=O)NC1CCCNCCCCCCNC1=O.